The minimum atomic E-state index is -1.38. The maximum atomic E-state index is 13.1. The zero-order valence-corrected chi connectivity index (χ0v) is 23.7. The Hall–Kier alpha value is -2.31. The van der Waals surface area contributed by atoms with E-state index in [0.717, 1.165) is 55.2 Å². The summed E-state index contributed by atoms with van der Waals surface area (Å²) in [7, 11) is -1.38. The van der Waals surface area contributed by atoms with Crippen molar-refractivity contribution in [3.63, 3.8) is 0 Å². The Balaban J connectivity index is 1.35. The van der Waals surface area contributed by atoms with Crippen molar-refractivity contribution in [3.05, 3.63) is 69.8 Å². The summed E-state index contributed by atoms with van der Waals surface area (Å²) in [5.41, 5.74) is 5.67. The van der Waals surface area contributed by atoms with Crippen molar-refractivity contribution in [1.82, 2.24) is 4.72 Å². The molecule has 0 radical (unpaired) electrons. The zero-order valence-electron chi connectivity index (χ0n) is 22.1. The molecule has 5 aliphatic rings. The summed E-state index contributed by atoms with van der Waals surface area (Å²) in [5.74, 6) is 3.09. The predicted octanol–water partition coefficient (Wildman–Crippen LogP) is 6.43. The second-order valence-corrected chi connectivity index (χ2v) is 13.3. The fourth-order valence-electron chi connectivity index (χ4n) is 6.67. The molecule has 2 aromatic carbocycles. The fourth-order valence-corrected chi connectivity index (χ4v) is 7.81. The summed E-state index contributed by atoms with van der Waals surface area (Å²) in [6.07, 6.45) is 10.2. The van der Waals surface area contributed by atoms with Crippen LogP contribution >= 0.6 is 11.6 Å². The van der Waals surface area contributed by atoms with E-state index in [9.17, 15) is 9.00 Å². The molecule has 202 valence electrons. The number of nitrogens with one attached hydrogen (secondary N) is 1. The van der Waals surface area contributed by atoms with Gasteiger partial charge in [-0.05, 0) is 97.7 Å². The van der Waals surface area contributed by atoms with Gasteiger partial charge in [0.2, 0.25) is 0 Å². The van der Waals surface area contributed by atoms with Gasteiger partial charge in [0, 0.05) is 35.3 Å². The molecule has 1 amide bonds. The number of nitrogens with zero attached hydrogens (tertiary/aromatic N) is 1. The molecule has 0 aromatic heterocycles. The molecule has 3 heterocycles. The average Bonchev–Trinajstić information content (AvgIpc) is 3.04. The van der Waals surface area contributed by atoms with Gasteiger partial charge < -0.3 is 9.64 Å². The van der Waals surface area contributed by atoms with E-state index in [1.165, 1.54) is 30.4 Å². The number of benzene rings is 2. The normalized spacial score (nSPS) is 29.0. The number of halogens is 1. The molecular weight excluding hydrogens is 516 g/mol. The molecule has 5 nitrogen and oxygen atoms in total. The number of ether oxygens (including phenoxy) is 1. The highest BCUT2D eigenvalue weighted by Gasteiger charge is 2.36. The van der Waals surface area contributed by atoms with Crippen LogP contribution in [0.1, 0.15) is 72.9 Å². The Labute approximate surface area is 233 Å². The molecule has 5 atom stereocenters. The zero-order chi connectivity index (χ0) is 26.2. The Morgan fingerprint density at radius 2 is 1.92 bits per heavy atom. The van der Waals surface area contributed by atoms with E-state index >= 15 is 0 Å². The highest BCUT2D eigenvalue weighted by atomic mass is 35.5. The van der Waals surface area contributed by atoms with E-state index in [2.05, 4.69) is 34.8 Å². The molecule has 0 saturated heterocycles. The third kappa shape index (κ3) is 5.40. The van der Waals surface area contributed by atoms with Gasteiger partial charge in [-0.15, -0.1) is 0 Å². The SMILES string of the molecule is CCCc1cc(Cl)ccc1C1COc2ccc3cc2N(C1)CC1CCC1CC1=CC(CCS(=O)NC3=O)C1. The minimum Gasteiger partial charge on any atom is -0.491 e. The molecule has 5 unspecified atom stereocenters. The van der Waals surface area contributed by atoms with Crippen molar-refractivity contribution in [1.29, 1.82) is 0 Å². The van der Waals surface area contributed by atoms with Crippen molar-refractivity contribution in [2.24, 2.45) is 17.8 Å². The van der Waals surface area contributed by atoms with Crippen molar-refractivity contribution in [2.45, 2.75) is 57.8 Å². The largest absolute Gasteiger partial charge is 0.491 e. The van der Waals surface area contributed by atoms with E-state index in [4.69, 9.17) is 16.3 Å². The Morgan fingerprint density at radius 1 is 1.08 bits per heavy atom. The number of fused-ring (bicyclic) bond motifs is 4. The molecule has 1 fully saturated rings. The number of allylic oxidation sites excluding steroid dienone is 2. The number of hydrogen-bond donors (Lipinski definition) is 1. The summed E-state index contributed by atoms with van der Waals surface area (Å²) in [6.45, 7) is 4.57. The van der Waals surface area contributed by atoms with E-state index in [-0.39, 0.29) is 11.8 Å². The van der Waals surface area contributed by atoms with Crippen molar-refractivity contribution >= 4 is 34.2 Å². The number of aryl methyl sites for hydroxylation is 1. The number of rotatable bonds is 3. The first-order chi connectivity index (χ1) is 18.5. The molecule has 2 aromatic rings. The van der Waals surface area contributed by atoms with Crippen molar-refractivity contribution in [2.75, 3.05) is 30.3 Å². The summed E-state index contributed by atoms with van der Waals surface area (Å²) >= 11 is 6.39. The third-order valence-electron chi connectivity index (χ3n) is 8.94. The highest BCUT2D eigenvalue weighted by Crippen LogP contribution is 2.45. The minimum absolute atomic E-state index is 0.199. The van der Waals surface area contributed by atoms with Gasteiger partial charge in [-0.3, -0.25) is 9.52 Å². The highest BCUT2D eigenvalue weighted by molar-refractivity contribution is 7.83. The molecule has 1 saturated carbocycles. The Kier molecular flexibility index (Phi) is 7.54. The van der Waals surface area contributed by atoms with Crippen molar-refractivity contribution < 1.29 is 13.7 Å². The molecule has 4 bridgehead atoms. The molecule has 1 N–H and O–H groups in total. The molecule has 7 rings (SSSR count). The first kappa shape index (κ1) is 25.9. The summed E-state index contributed by atoms with van der Waals surface area (Å²) < 4.78 is 21.8. The van der Waals surface area contributed by atoms with Crippen molar-refractivity contribution in [3.8, 4) is 5.75 Å². The van der Waals surface area contributed by atoms with Crippen LogP contribution in [0, 0.1) is 17.8 Å². The van der Waals surface area contributed by atoms with Gasteiger partial charge in [-0.25, -0.2) is 4.21 Å². The van der Waals surface area contributed by atoms with E-state index < -0.39 is 11.0 Å². The van der Waals surface area contributed by atoms with Crippen LogP contribution in [-0.2, 0) is 17.4 Å². The quantitative estimate of drug-likeness (QED) is 0.445. The van der Waals surface area contributed by atoms with Gasteiger partial charge >= 0.3 is 0 Å². The number of carbonyl (C=O) groups excluding carboxylic acids is 1. The van der Waals surface area contributed by atoms with Gasteiger partial charge in [0.25, 0.3) is 5.91 Å². The molecule has 3 aliphatic heterocycles. The van der Waals surface area contributed by atoms with E-state index in [0.29, 0.717) is 35.7 Å². The lowest BCUT2D eigenvalue weighted by molar-refractivity contribution is 0.0983. The molecule has 2 aliphatic carbocycles. The second-order valence-electron chi connectivity index (χ2n) is 11.5. The van der Waals surface area contributed by atoms with Crippen LogP contribution in [0.4, 0.5) is 5.69 Å². The second kappa shape index (κ2) is 11.1. The van der Waals surface area contributed by atoms with Crippen LogP contribution in [0.3, 0.4) is 0 Å². The topological polar surface area (TPSA) is 58.6 Å². The molecule has 0 spiro atoms. The third-order valence-corrected chi connectivity index (χ3v) is 10.2. The number of carbonyl (C=O) groups is 1. The summed E-state index contributed by atoms with van der Waals surface area (Å²) in [6, 6.07) is 11.9. The smallest absolute Gasteiger partial charge is 0.263 e. The number of amides is 1. The van der Waals surface area contributed by atoms with Gasteiger partial charge in [0.15, 0.2) is 0 Å². The van der Waals surface area contributed by atoms with E-state index in [1.807, 2.05) is 18.2 Å². The molecular formula is C31H37ClN2O3S. The van der Waals surface area contributed by atoms with Crippen LogP contribution in [-0.4, -0.2) is 35.6 Å². The summed E-state index contributed by atoms with van der Waals surface area (Å²) in [5, 5.41) is 0.776. The fraction of sp³-hybridized carbons (Fsp3) is 0.516. The monoisotopic (exact) mass is 552 g/mol. The number of anilines is 1. The molecule has 38 heavy (non-hydrogen) atoms. The lowest BCUT2D eigenvalue weighted by Crippen LogP contribution is -2.40. The van der Waals surface area contributed by atoms with Gasteiger partial charge in [-0.1, -0.05) is 42.7 Å². The standard InChI is InChI=1S/C31H37ClN2O3S/c1-2-3-23-15-27(32)7-8-28(23)26-18-34-17-25-5-4-22(25)14-21-12-20(13-21)10-11-38(36)33-31(35)24-6-9-30(37-19-26)29(34)16-24/h6-9,12,15-16,20,22,25-26H,2-5,10-11,13-14,17-19H2,1H3,(H,33,35). The van der Waals surface area contributed by atoms with Crippen LogP contribution in [0.2, 0.25) is 5.02 Å². The van der Waals surface area contributed by atoms with Gasteiger partial charge in [0.05, 0.1) is 12.3 Å². The van der Waals surface area contributed by atoms with E-state index in [1.54, 1.807) is 11.6 Å². The first-order valence-corrected chi connectivity index (χ1v) is 15.9. The van der Waals surface area contributed by atoms with Crippen LogP contribution in [0.15, 0.2) is 48.0 Å². The first-order valence-electron chi connectivity index (χ1n) is 14.2. The lowest BCUT2D eigenvalue weighted by Gasteiger charge is -2.43. The van der Waals surface area contributed by atoms with Gasteiger partial charge in [-0.2, -0.15) is 0 Å². The van der Waals surface area contributed by atoms with Crippen LogP contribution in [0.25, 0.3) is 0 Å². The predicted molar refractivity (Wildman–Crippen MR) is 154 cm³/mol. The average molecular weight is 553 g/mol. The van der Waals surface area contributed by atoms with Crippen LogP contribution in [0.5, 0.6) is 5.75 Å². The van der Waals surface area contributed by atoms with Gasteiger partial charge in [0.1, 0.15) is 16.7 Å². The maximum Gasteiger partial charge on any atom is 0.263 e. The Morgan fingerprint density at radius 3 is 2.71 bits per heavy atom. The number of hydrogen-bond acceptors (Lipinski definition) is 4. The van der Waals surface area contributed by atoms with Crippen LogP contribution < -0.4 is 14.4 Å². The molecule has 7 heteroatoms. The lowest BCUT2D eigenvalue weighted by atomic mass is 9.67. The maximum absolute atomic E-state index is 13.1. The Bertz CT molecular complexity index is 1280. The summed E-state index contributed by atoms with van der Waals surface area (Å²) in [4.78, 5) is 15.5.